The molecular weight excluding hydrogens is 484 g/mol. The second kappa shape index (κ2) is 12.8. The van der Waals surface area contributed by atoms with Gasteiger partial charge in [0.2, 0.25) is 0 Å². The Labute approximate surface area is 202 Å². The van der Waals surface area contributed by atoms with Gasteiger partial charge < -0.3 is 14.2 Å². The van der Waals surface area contributed by atoms with Crippen molar-refractivity contribution in [3.63, 3.8) is 0 Å². The van der Waals surface area contributed by atoms with Crippen LogP contribution >= 0.6 is 15.9 Å². The molecule has 6 heteroatoms. The van der Waals surface area contributed by atoms with Crippen LogP contribution in [0.2, 0.25) is 0 Å². The number of esters is 2. The lowest BCUT2D eigenvalue weighted by molar-refractivity contribution is 0.0498. The van der Waals surface area contributed by atoms with E-state index in [1.165, 1.54) is 11.6 Å². The molecule has 0 unspecified atom stereocenters. The Hall–Kier alpha value is -3.12. The maximum atomic E-state index is 12.8. The predicted molar refractivity (Wildman–Crippen MR) is 131 cm³/mol. The summed E-state index contributed by atoms with van der Waals surface area (Å²) in [5, 5.41) is 0. The number of aryl methyl sites for hydroxylation is 1. The van der Waals surface area contributed by atoms with E-state index in [4.69, 9.17) is 14.2 Å². The van der Waals surface area contributed by atoms with Crippen molar-refractivity contribution in [3.05, 3.63) is 94.0 Å². The van der Waals surface area contributed by atoms with Gasteiger partial charge in [-0.3, -0.25) is 0 Å². The highest BCUT2D eigenvalue weighted by molar-refractivity contribution is 9.10. The quantitative estimate of drug-likeness (QED) is 0.164. The molecule has 0 N–H and O–H groups in total. The summed E-state index contributed by atoms with van der Waals surface area (Å²) in [6.45, 7) is 2.90. The van der Waals surface area contributed by atoms with Gasteiger partial charge in [-0.1, -0.05) is 65.7 Å². The monoisotopic (exact) mass is 510 g/mol. The van der Waals surface area contributed by atoms with Crippen LogP contribution in [0.3, 0.4) is 0 Å². The average Bonchev–Trinajstić information content (AvgIpc) is 2.83. The van der Waals surface area contributed by atoms with Crippen LogP contribution in [0.1, 0.15) is 52.5 Å². The molecule has 0 heterocycles. The van der Waals surface area contributed by atoms with Gasteiger partial charge in [-0.2, -0.15) is 0 Å². The minimum absolute atomic E-state index is 0.262. The van der Waals surface area contributed by atoms with Crippen molar-refractivity contribution in [1.29, 1.82) is 0 Å². The van der Waals surface area contributed by atoms with Crippen molar-refractivity contribution in [2.45, 2.75) is 32.6 Å². The lowest BCUT2D eigenvalue weighted by Gasteiger charge is -2.12. The van der Waals surface area contributed by atoms with Gasteiger partial charge in [0.1, 0.15) is 17.1 Å². The Balaban J connectivity index is 1.58. The summed E-state index contributed by atoms with van der Waals surface area (Å²) in [5.74, 6) is -0.285. The molecule has 172 valence electrons. The Morgan fingerprint density at radius 3 is 2.45 bits per heavy atom. The fourth-order valence-electron chi connectivity index (χ4n) is 3.13. The zero-order valence-corrected chi connectivity index (χ0v) is 20.2. The summed E-state index contributed by atoms with van der Waals surface area (Å²) in [6, 6.07) is 21.7. The molecule has 0 fully saturated rings. The molecule has 0 bridgehead atoms. The highest BCUT2D eigenvalue weighted by atomic mass is 79.9. The topological polar surface area (TPSA) is 61.8 Å². The predicted octanol–water partition coefficient (Wildman–Crippen LogP) is 6.64. The summed E-state index contributed by atoms with van der Waals surface area (Å²) < 4.78 is 17.4. The number of carbonyl (C=O) groups excluding carboxylic acids is 2. The van der Waals surface area contributed by atoms with E-state index in [0.29, 0.717) is 30.1 Å². The summed E-state index contributed by atoms with van der Waals surface area (Å²) in [4.78, 5) is 25.2. The van der Waals surface area contributed by atoms with Crippen molar-refractivity contribution >= 4 is 27.9 Å². The second-order valence-corrected chi connectivity index (χ2v) is 8.40. The molecule has 0 atom stereocenters. The first kappa shape index (κ1) is 24.5. The smallest absolute Gasteiger partial charge is 0.347 e. The van der Waals surface area contributed by atoms with Gasteiger partial charge in [-0.05, 0) is 61.2 Å². The lowest BCUT2D eigenvalue weighted by Crippen LogP contribution is -2.12. The Bertz CT molecular complexity index is 1070. The van der Waals surface area contributed by atoms with E-state index in [9.17, 15) is 9.59 Å². The largest absolute Gasteiger partial charge is 0.493 e. The Morgan fingerprint density at radius 2 is 1.67 bits per heavy atom. The van der Waals surface area contributed by atoms with Gasteiger partial charge in [0.05, 0.1) is 18.8 Å². The Morgan fingerprint density at radius 1 is 0.848 bits per heavy atom. The number of unbranched alkanes of at least 4 members (excludes halogenated alkanes) is 1. The van der Waals surface area contributed by atoms with Crippen LogP contribution in [0, 0.1) is 0 Å². The molecule has 33 heavy (non-hydrogen) atoms. The van der Waals surface area contributed by atoms with Gasteiger partial charge in [0, 0.05) is 4.47 Å². The fourth-order valence-corrected chi connectivity index (χ4v) is 3.49. The first-order chi connectivity index (χ1) is 16.1. The SMILES string of the molecule is CCCCOc1ccc(Br)cc1C(=O)Oc1cccc(C(=O)OCCCc2ccccc2)c1. The van der Waals surface area contributed by atoms with Crippen LogP contribution in [-0.4, -0.2) is 25.2 Å². The van der Waals surface area contributed by atoms with Gasteiger partial charge in [-0.15, -0.1) is 0 Å². The van der Waals surface area contributed by atoms with Gasteiger partial charge in [0.15, 0.2) is 0 Å². The molecule has 3 aromatic rings. The van der Waals surface area contributed by atoms with Crippen LogP contribution in [0.15, 0.2) is 77.3 Å². The van der Waals surface area contributed by atoms with Crippen molar-refractivity contribution in [2.24, 2.45) is 0 Å². The van der Waals surface area contributed by atoms with Gasteiger partial charge in [0.25, 0.3) is 0 Å². The van der Waals surface area contributed by atoms with Gasteiger partial charge in [-0.25, -0.2) is 9.59 Å². The molecule has 0 saturated carbocycles. The molecule has 0 aliphatic carbocycles. The molecule has 0 aliphatic heterocycles. The zero-order chi connectivity index (χ0) is 23.5. The third-order valence-corrected chi connectivity index (χ3v) is 5.38. The zero-order valence-electron chi connectivity index (χ0n) is 18.6. The van der Waals surface area contributed by atoms with E-state index in [1.807, 2.05) is 36.4 Å². The molecule has 0 aromatic heterocycles. The molecule has 3 rings (SSSR count). The van der Waals surface area contributed by atoms with E-state index in [1.54, 1.807) is 30.3 Å². The van der Waals surface area contributed by atoms with Crippen molar-refractivity contribution in [2.75, 3.05) is 13.2 Å². The van der Waals surface area contributed by atoms with E-state index >= 15 is 0 Å². The highest BCUT2D eigenvalue weighted by Gasteiger charge is 2.17. The van der Waals surface area contributed by atoms with Crippen LogP contribution in [0.25, 0.3) is 0 Å². The minimum atomic E-state index is -0.559. The van der Waals surface area contributed by atoms with E-state index in [-0.39, 0.29) is 5.75 Å². The Kier molecular flexibility index (Phi) is 9.51. The van der Waals surface area contributed by atoms with E-state index < -0.39 is 11.9 Å². The molecule has 0 spiro atoms. The third kappa shape index (κ3) is 7.75. The molecule has 0 radical (unpaired) electrons. The summed E-state index contributed by atoms with van der Waals surface area (Å²) in [7, 11) is 0. The number of halogens is 1. The first-order valence-corrected chi connectivity index (χ1v) is 11.8. The fraction of sp³-hybridized carbons (Fsp3) is 0.259. The summed E-state index contributed by atoms with van der Waals surface area (Å²) in [5.41, 5.74) is 1.84. The number of hydrogen-bond acceptors (Lipinski definition) is 5. The minimum Gasteiger partial charge on any atom is -0.493 e. The average molecular weight is 511 g/mol. The maximum Gasteiger partial charge on any atom is 0.347 e. The third-order valence-electron chi connectivity index (χ3n) is 4.88. The first-order valence-electron chi connectivity index (χ1n) is 11.0. The molecule has 0 aliphatic rings. The molecule has 0 saturated heterocycles. The number of carbonyl (C=O) groups is 2. The molecule has 5 nitrogen and oxygen atoms in total. The van der Waals surface area contributed by atoms with Crippen molar-refractivity contribution in [1.82, 2.24) is 0 Å². The van der Waals surface area contributed by atoms with Crippen molar-refractivity contribution < 1.29 is 23.8 Å². The van der Waals surface area contributed by atoms with Crippen LogP contribution < -0.4 is 9.47 Å². The highest BCUT2D eigenvalue weighted by Crippen LogP contribution is 2.26. The van der Waals surface area contributed by atoms with E-state index in [2.05, 4.69) is 22.9 Å². The van der Waals surface area contributed by atoms with Crippen LogP contribution in [0.5, 0.6) is 11.5 Å². The number of benzene rings is 3. The standard InChI is InChI=1S/C27H27BrO5/c1-2-3-16-31-25-15-14-22(28)19-24(25)27(30)33-23-13-7-12-21(18-23)26(29)32-17-8-11-20-9-5-4-6-10-20/h4-7,9-10,12-15,18-19H,2-3,8,11,16-17H2,1H3. The van der Waals surface area contributed by atoms with Crippen LogP contribution in [-0.2, 0) is 11.2 Å². The van der Waals surface area contributed by atoms with Crippen molar-refractivity contribution in [3.8, 4) is 11.5 Å². The molecule has 0 amide bonds. The summed E-state index contributed by atoms with van der Waals surface area (Å²) >= 11 is 3.38. The normalized spacial score (nSPS) is 10.5. The molecular formula is C27H27BrO5. The number of hydrogen-bond donors (Lipinski definition) is 0. The van der Waals surface area contributed by atoms with E-state index in [0.717, 1.165) is 30.2 Å². The van der Waals surface area contributed by atoms with Gasteiger partial charge >= 0.3 is 11.9 Å². The number of rotatable bonds is 11. The number of ether oxygens (including phenoxy) is 3. The summed E-state index contributed by atoms with van der Waals surface area (Å²) in [6.07, 6.45) is 3.45. The second-order valence-electron chi connectivity index (χ2n) is 7.48. The maximum absolute atomic E-state index is 12.8. The van der Waals surface area contributed by atoms with Crippen LogP contribution in [0.4, 0.5) is 0 Å². The molecule has 3 aromatic carbocycles. The lowest BCUT2D eigenvalue weighted by atomic mass is 10.1.